The van der Waals surface area contributed by atoms with Crippen molar-refractivity contribution in [1.29, 1.82) is 0 Å². The van der Waals surface area contributed by atoms with E-state index < -0.39 is 42.2 Å². The second kappa shape index (κ2) is 12.1. The molecule has 0 aliphatic rings. The normalized spacial score (nSPS) is 12.3. The van der Waals surface area contributed by atoms with Gasteiger partial charge < -0.3 is 19.3 Å². The molecule has 0 unspecified atom stereocenters. The molecule has 8 nitrogen and oxygen atoms in total. The molecule has 0 saturated heterocycles. The minimum Gasteiger partial charge on any atom is -0.507 e. The Morgan fingerprint density at radius 1 is 1.03 bits per heavy atom. The summed E-state index contributed by atoms with van der Waals surface area (Å²) in [5.74, 6) is -2.43. The predicted octanol–water partition coefficient (Wildman–Crippen LogP) is 4.54. The van der Waals surface area contributed by atoms with Crippen LogP contribution in [0.15, 0.2) is 54.8 Å². The van der Waals surface area contributed by atoms with Crippen molar-refractivity contribution in [2.75, 3.05) is 13.2 Å². The Morgan fingerprint density at radius 2 is 1.62 bits per heavy atom. The molecule has 0 saturated carbocycles. The van der Waals surface area contributed by atoms with Gasteiger partial charge in [0.2, 0.25) is 0 Å². The highest BCUT2D eigenvalue weighted by Crippen LogP contribution is 2.30. The van der Waals surface area contributed by atoms with Crippen LogP contribution in [-0.4, -0.2) is 52.2 Å². The van der Waals surface area contributed by atoms with E-state index in [0.717, 1.165) is 4.90 Å². The zero-order valence-electron chi connectivity index (χ0n) is 21.0. The maximum Gasteiger partial charge on any atom is 0.344 e. The lowest BCUT2D eigenvalue weighted by Crippen LogP contribution is -2.38. The Labute approximate surface area is 201 Å². The third-order valence-electron chi connectivity index (χ3n) is 3.87. The lowest BCUT2D eigenvalue weighted by Gasteiger charge is -2.27. The third-order valence-corrected chi connectivity index (χ3v) is 3.87. The number of phenols is 1. The number of aromatic hydroxyl groups is 1. The molecule has 0 aliphatic heterocycles. The van der Waals surface area contributed by atoms with Gasteiger partial charge in [-0.3, -0.25) is 14.5 Å². The number of allylic oxidation sites excluding steroid dienone is 4. The molecule has 8 heteroatoms. The molecule has 1 aromatic rings. The molecule has 0 aromatic heterocycles. The smallest absolute Gasteiger partial charge is 0.344 e. The first-order valence-electron chi connectivity index (χ1n) is 10.8. The molecule has 0 aliphatic carbocycles. The second-order valence-electron chi connectivity index (χ2n) is 9.33. The minimum absolute atomic E-state index is 0.0384. The van der Waals surface area contributed by atoms with Crippen LogP contribution < -0.4 is 4.74 Å². The number of nitrogens with zero attached hydrogens (tertiary/aromatic N) is 1. The van der Waals surface area contributed by atoms with Crippen LogP contribution in [0, 0.1) is 0 Å². The number of carbonyl (C=O) groups excluding carboxylic acids is 3. The Morgan fingerprint density at radius 3 is 2.15 bits per heavy atom. The van der Waals surface area contributed by atoms with E-state index >= 15 is 0 Å². The van der Waals surface area contributed by atoms with Crippen LogP contribution in [0.1, 0.15) is 58.8 Å². The first-order valence-corrected chi connectivity index (χ1v) is 10.8. The molecule has 34 heavy (non-hydrogen) atoms. The van der Waals surface area contributed by atoms with Crippen LogP contribution in [0.3, 0.4) is 0 Å². The molecule has 0 bridgehead atoms. The highest BCUT2D eigenvalue weighted by atomic mass is 16.6. The first-order chi connectivity index (χ1) is 15.7. The van der Waals surface area contributed by atoms with Crippen molar-refractivity contribution in [3.63, 3.8) is 0 Å². The fourth-order valence-electron chi connectivity index (χ4n) is 2.81. The van der Waals surface area contributed by atoms with Gasteiger partial charge >= 0.3 is 11.9 Å². The molecular weight excluding hydrogens is 438 g/mol. The van der Waals surface area contributed by atoms with E-state index in [1.54, 1.807) is 66.7 Å². The number of hydrogen-bond acceptors (Lipinski definition) is 7. The predicted molar refractivity (Wildman–Crippen MR) is 129 cm³/mol. The van der Waals surface area contributed by atoms with Crippen LogP contribution >= 0.6 is 0 Å². The quantitative estimate of drug-likeness (QED) is 0.415. The standard InChI is InChI=1S/C26H35NO7/c1-9-12-18(13-10-2)27(16-21(29)33-25(3,4)5)24(31)23-19(28)14-11-15-20(23)32-17-22(30)34-26(6,7)8/h9-15,28H,1,16-17H2,2-8H3/b13-10-,18-12+. The summed E-state index contributed by atoms with van der Waals surface area (Å²) in [5, 5.41) is 10.5. The Kier molecular flexibility index (Phi) is 10.1. The van der Waals surface area contributed by atoms with Crippen molar-refractivity contribution in [3.05, 3.63) is 60.3 Å². The molecule has 1 N–H and O–H groups in total. The van der Waals surface area contributed by atoms with Gasteiger partial charge in [0, 0.05) is 5.70 Å². The molecule has 186 valence electrons. The number of esters is 2. The molecule has 0 heterocycles. The molecule has 1 rings (SSSR count). The Balaban J connectivity index is 3.38. The maximum absolute atomic E-state index is 13.6. The van der Waals surface area contributed by atoms with Gasteiger partial charge in [0.15, 0.2) is 6.61 Å². The summed E-state index contributed by atoms with van der Waals surface area (Å²) in [4.78, 5) is 39.4. The number of ether oxygens (including phenoxy) is 3. The van der Waals surface area contributed by atoms with Crippen LogP contribution in [0.25, 0.3) is 0 Å². The van der Waals surface area contributed by atoms with Crippen LogP contribution in [0.2, 0.25) is 0 Å². The van der Waals surface area contributed by atoms with Gasteiger partial charge in [-0.2, -0.15) is 0 Å². The van der Waals surface area contributed by atoms with Crippen molar-refractivity contribution >= 4 is 17.8 Å². The summed E-state index contributed by atoms with van der Waals surface area (Å²) in [6.45, 7) is 14.8. The molecule has 0 spiro atoms. The summed E-state index contributed by atoms with van der Waals surface area (Å²) in [5.41, 5.74) is -1.34. The van der Waals surface area contributed by atoms with E-state index in [9.17, 15) is 19.5 Å². The average molecular weight is 474 g/mol. The SMILES string of the molecule is C=C/C=C(\C=C/C)N(CC(=O)OC(C)(C)C)C(=O)c1c(O)cccc1OCC(=O)OC(C)(C)C. The summed E-state index contributed by atoms with van der Waals surface area (Å²) >= 11 is 0. The van der Waals surface area contributed by atoms with Crippen molar-refractivity contribution < 1.29 is 33.7 Å². The van der Waals surface area contributed by atoms with E-state index in [1.807, 2.05) is 0 Å². The van der Waals surface area contributed by atoms with E-state index in [0.29, 0.717) is 5.70 Å². The monoisotopic (exact) mass is 473 g/mol. The van der Waals surface area contributed by atoms with Gasteiger partial charge in [0.05, 0.1) is 0 Å². The number of benzene rings is 1. The fraction of sp³-hybridized carbons (Fsp3) is 0.423. The van der Waals surface area contributed by atoms with Crippen molar-refractivity contribution in [3.8, 4) is 11.5 Å². The molecule has 1 amide bonds. The number of rotatable bonds is 9. The lowest BCUT2D eigenvalue weighted by atomic mass is 10.1. The molecule has 0 atom stereocenters. The van der Waals surface area contributed by atoms with Crippen LogP contribution in [-0.2, 0) is 19.1 Å². The topological polar surface area (TPSA) is 102 Å². The van der Waals surface area contributed by atoms with E-state index in [1.165, 1.54) is 24.3 Å². The van der Waals surface area contributed by atoms with Gasteiger partial charge in [0.25, 0.3) is 5.91 Å². The fourth-order valence-corrected chi connectivity index (χ4v) is 2.81. The zero-order valence-corrected chi connectivity index (χ0v) is 21.0. The molecule has 0 fully saturated rings. The number of hydrogen-bond donors (Lipinski definition) is 1. The number of amides is 1. The Bertz CT molecular complexity index is 962. The summed E-state index contributed by atoms with van der Waals surface area (Å²) < 4.78 is 16.1. The highest BCUT2D eigenvalue weighted by Gasteiger charge is 2.29. The van der Waals surface area contributed by atoms with Crippen molar-refractivity contribution in [2.24, 2.45) is 0 Å². The van der Waals surface area contributed by atoms with E-state index in [-0.39, 0.29) is 17.1 Å². The Hall–Kier alpha value is -3.55. The zero-order chi connectivity index (χ0) is 26.1. The summed E-state index contributed by atoms with van der Waals surface area (Å²) in [7, 11) is 0. The number of phenolic OH excluding ortho intramolecular Hbond substituents is 1. The molecule has 1 aromatic carbocycles. The maximum atomic E-state index is 13.6. The van der Waals surface area contributed by atoms with Gasteiger partial charge in [-0.15, -0.1) is 0 Å². The first kappa shape index (κ1) is 28.5. The van der Waals surface area contributed by atoms with Crippen molar-refractivity contribution in [2.45, 2.75) is 59.7 Å². The van der Waals surface area contributed by atoms with E-state index in [4.69, 9.17) is 14.2 Å². The van der Waals surface area contributed by atoms with Crippen LogP contribution in [0.5, 0.6) is 11.5 Å². The third kappa shape index (κ3) is 9.52. The number of carbonyl (C=O) groups is 3. The highest BCUT2D eigenvalue weighted by molar-refractivity contribution is 6.02. The average Bonchev–Trinajstić information content (AvgIpc) is 2.67. The van der Waals surface area contributed by atoms with E-state index in [2.05, 4.69) is 6.58 Å². The minimum atomic E-state index is -0.759. The van der Waals surface area contributed by atoms with Gasteiger partial charge in [-0.25, -0.2) is 4.79 Å². The van der Waals surface area contributed by atoms with Crippen molar-refractivity contribution in [1.82, 2.24) is 4.90 Å². The molecule has 0 radical (unpaired) electrons. The van der Waals surface area contributed by atoms with Crippen LogP contribution in [0.4, 0.5) is 0 Å². The lowest BCUT2D eigenvalue weighted by molar-refractivity contribution is -0.157. The summed E-state index contributed by atoms with van der Waals surface area (Å²) in [6, 6.07) is 4.22. The second-order valence-corrected chi connectivity index (χ2v) is 9.33. The molecular formula is C26H35NO7. The van der Waals surface area contributed by atoms with Gasteiger partial charge in [-0.1, -0.05) is 24.8 Å². The summed E-state index contributed by atoms with van der Waals surface area (Å²) in [6.07, 6.45) is 6.32. The van der Waals surface area contributed by atoms with Gasteiger partial charge in [0.1, 0.15) is 34.8 Å². The largest absolute Gasteiger partial charge is 0.507 e. The van der Waals surface area contributed by atoms with Gasteiger partial charge in [-0.05, 0) is 72.8 Å².